The summed E-state index contributed by atoms with van der Waals surface area (Å²) < 4.78 is 0. The standard InChI is InChI=1S/C52H59N2O4S2.C5H5.Fe/c55-49-41-27-23-37-39-25-29-43-48-44(30-26-40(46(39)48)38-24-28-42(47(41)45(37)38)50(56)53(49)32-31-35-19-15-16-20-35)52(58)54(51(43)57)36(21-13-9-5-1-3-7-11-17-33-59)22-14-10-6-2-4-8-12-18-34-60;1-2-4-5-3-1;/h15-16,19-20,23-30,36,59-60H,1-14,17-18,21-22,31-34H2;1-5H;/q;;+2. The molecule has 2 fully saturated rings. The molecule has 0 saturated heterocycles. The van der Waals surface area contributed by atoms with Crippen LogP contribution in [0.5, 0.6) is 0 Å². The Bertz CT molecular complexity index is 2290. The van der Waals surface area contributed by atoms with Crippen LogP contribution in [-0.4, -0.2) is 57.5 Å². The Hall–Kier alpha value is -3.10. The Kier molecular flexibility index (Phi) is 19.2. The van der Waals surface area contributed by atoms with E-state index in [4.69, 9.17) is 0 Å². The minimum Gasteiger partial charge on any atom is -0.274 e. The van der Waals surface area contributed by atoms with Crippen molar-refractivity contribution in [2.45, 2.75) is 128 Å². The van der Waals surface area contributed by atoms with Gasteiger partial charge in [0.2, 0.25) is 0 Å². The fourth-order valence-corrected chi connectivity index (χ4v) is 11.0. The molecule has 5 aromatic rings. The zero-order valence-electron chi connectivity index (χ0n) is 38.2. The maximum atomic E-state index is 14.7. The second-order valence-electron chi connectivity index (χ2n) is 18.2. The van der Waals surface area contributed by atoms with E-state index in [0.717, 1.165) is 93.7 Å². The number of nitrogens with zero attached hydrogens (tertiary/aromatic N) is 2. The van der Waals surface area contributed by atoms with E-state index in [1.54, 1.807) is 4.90 Å². The third kappa shape index (κ3) is 11.2. The average Bonchev–Trinajstić information content (AvgIpc) is 4.09. The summed E-state index contributed by atoms with van der Waals surface area (Å²) in [5.41, 5.74) is 2.22. The van der Waals surface area contributed by atoms with Gasteiger partial charge in [0.05, 0.1) is 0 Å². The molecule has 0 unspecified atom stereocenters. The third-order valence-corrected chi connectivity index (χ3v) is 14.6. The SMILES string of the molecule is O=C1c2ccc3c4ccc5c6c(ccc(c7ccc(c2c37)C(=O)N1CC[C]1[CH][CH][CH][CH]1)c64)C(=O)N(C(CCCCCCCCCCS)CCCCCCCCCCS)C5=O.[CH]1[CH][CH][CH][CH]1.[Fe+2]. The van der Waals surface area contributed by atoms with Crippen molar-refractivity contribution in [2.75, 3.05) is 18.1 Å². The fraction of sp³-hybridized carbons (Fsp3) is 0.404. The molecule has 0 aromatic heterocycles. The van der Waals surface area contributed by atoms with Crippen molar-refractivity contribution < 1.29 is 36.2 Å². The summed E-state index contributed by atoms with van der Waals surface area (Å²) in [5.74, 6) is 2.08. The van der Waals surface area contributed by atoms with Gasteiger partial charge in [0.25, 0.3) is 23.6 Å². The summed E-state index contributed by atoms with van der Waals surface area (Å²) in [6, 6.07) is 15.4. The molecule has 0 N–H and O–H groups in total. The molecule has 6 nitrogen and oxygen atoms in total. The molecule has 2 saturated carbocycles. The van der Waals surface area contributed by atoms with Crippen LogP contribution < -0.4 is 0 Å². The monoisotopic (exact) mass is 960 g/mol. The topological polar surface area (TPSA) is 74.8 Å². The van der Waals surface area contributed by atoms with E-state index in [1.165, 1.54) is 81.9 Å². The first-order chi connectivity index (χ1) is 31.9. The summed E-state index contributed by atoms with van der Waals surface area (Å²) in [6.45, 7) is 0.314. The van der Waals surface area contributed by atoms with Gasteiger partial charge in [-0.15, -0.1) is 0 Å². The molecule has 9 rings (SSSR count). The van der Waals surface area contributed by atoms with Gasteiger partial charge in [-0.25, -0.2) is 0 Å². The van der Waals surface area contributed by atoms with Gasteiger partial charge in [0.15, 0.2) is 0 Å². The van der Waals surface area contributed by atoms with E-state index in [9.17, 15) is 19.2 Å². The van der Waals surface area contributed by atoms with Gasteiger partial charge in [-0.3, -0.25) is 29.0 Å². The minimum absolute atomic E-state index is 0. The molecule has 0 atom stereocenters. The summed E-state index contributed by atoms with van der Waals surface area (Å²) in [7, 11) is 0. The number of carbonyl (C=O) groups excluding carboxylic acids is 4. The molecule has 344 valence electrons. The van der Waals surface area contributed by atoms with Crippen LogP contribution in [0.15, 0.2) is 48.5 Å². The number of hydrogen-bond donors (Lipinski definition) is 2. The number of imide groups is 2. The zero-order valence-corrected chi connectivity index (χ0v) is 41.1. The number of thiol groups is 2. The average molecular weight is 961 g/mol. The van der Waals surface area contributed by atoms with E-state index in [0.29, 0.717) is 40.6 Å². The molecule has 4 amide bonds. The van der Waals surface area contributed by atoms with Crippen LogP contribution in [0.3, 0.4) is 0 Å². The second-order valence-corrected chi connectivity index (χ2v) is 19.1. The van der Waals surface area contributed by atoms with Gasteiger partial charge in [-0.2, -0.15) is 25.3 Å². The van der Waals surface area contributed by atoms with E-state index in [1.807, 2.05) is 106 Å². The first-order valence-electron chi connectivity index (χ1n) is 24.5. The zero-order chi connectivity index (χ0) is 45.1. The molecule has 2 aliphatic heterocycles. The fourth-order valence-electron chi connectivity index (χ4n) is 10.5. The van der Waals surface area contributed by atoms with Crippen LogP contribution in [0.25, 0.3) is 43.1 Å². The molecule has 66 heavy (non-hydrogen) atoms. The third-order valence-electron chi connectivity index (χ3n) is 13.9. The van der Waals surface area contributed by atoms with Gasteiger partial charge in [0, 0.05) is 45.6 Å². The number of amides is 4. The summed E-state index contributed by atoms with van der Waals surface area (Å²) in [6.07, 6.45) is 39.2. The van der Waals surface area contributed by atoms with Crippen LogP contribution in [0.4, 0.5) is 0 Å². The number of carbonyl (C=O) groups is 4. The van der Waals surface area contributed by atoms with E-state index in [-0.39, 0.29) is 46.7 Å². The Balaban J connectivity index is 0.00000101. The maximum Gasteiger partial charge on any atom is 2.00 e. The Morgan fingerprint density at radius 2 is 0.727 bits per heavy atom. The van der Waals surface area contributed by atoms with Crippen molar-refractivity contribution in [3.63, 3.8) is 0 Å². The van der Waals surface area contributed by atoms with Crippen molar-refractivity contribution in [3.8, 4) is 0 Å². The molecule has 0 spiro atoms. The van der Waals surface area contributed by atoms with Gasteiger partial charge in [0.1, 0.15) is 0 Å². The predicted molar refractivity (Wildman–Crippen MR) is 275 cm³/mol. The number of rotatable bonds is 24. The Morgan fingerprint density at radius 1 is 0.394 bits per heavy atom. The molecule has 0 bridgehead atoms. The summed E-state index contributed by atoms with van der Waals surface area (Å²) in [4.78, 5) is 60.4. The second kappa shape index (κ2) is 25.0. The molecule has 10 radical (unpaired) electrons. The van der Waals surface area contributed by atoms with Gasteiger partial charge in [-0.1, -0.05) is 114 Å². The molecule has 4 aliphatic rings. The van der Waals surface area contributed by atoms with Crippen molar-refractivity contribution >= 4 is 92.0 Å². The summed E-state index contributed by atoms with van der Waals surface area (Å²) in [5, 5.41) is 6.84. The summed E-state index contributed by atoms with van der Waals surface area (Å²) >= 11 is 8.68. The van der Waals surface area contributed by atoms with Gasteiger partial charge in [-0.05, 0) is 164 Å². The van der Waals surface area contributed by atoms with Gasteiger partial charge < -0.3 is 0 Å². The largest absolute Gasteiger partial charge is 2.00 e. The Morgan fingerprint density at radius 3 is 1.09 bits per heavy atom. The Labute approximate surface area is 416 Å². The number of unbranched alkanes of at least 4 members (excludes halogenated alkanes) is 14. The first kappa shape index (κ1) is 50.8. The quantitative estimate of drug-likeness (QED) is 0.0161. The molecule has 5 aromatic carbocycles. The molecular weight excluding hydrogens is 897 g/mol. The molecular formula is C57H64FeN2O4S2+2. The number of hydrogen-bond acceptors (Lipinski definition) is 6. The van der Waals surface area contributed by atoms with Crippen LogP contribution in [0.2, 0.25) is 0 Å². The van der Waals surface area contributed by atoms with Crippen molar-refractivity contribution in [1.82, 2.24) is 9.80 Å². The number of benzene rings is 5. The van der Waals surface area contributed by atoms with E-state index < -0.39 is 0 Å². The molecule has 2 aliphatic carbocycles. The van der Waals surface area contributed by atoms with Crippen molar-refractivity contribution in [3.05, 3.63) is 134 Å². The van der Waals surface area contributed by atoms with Crippen LogP contribution in [-0.2, 0) is 17.1 Å². The molecule has 2 heterocycles. The minimum atomic E-state index is -0.274. The van der Waals surface area contributed by atoms with Gasteiger partial charge >= 0.3 is 17.1 Å². The van der Waals surface area contributed by atoms with E-state index >= 15 is 0 Å². The predicted octanol–water partition coefficient (Wildman–Crippen LogP) is 14.0. The number of fused-ring (bicyclic) bond motifs is 2. The van der Waals surface area contributed by atoms with Crippen molar-refractivity contribution in [1.29, 1.82) is 0 Å². The van der Waals surface area contributed by atoms with Crippen LogP contribution in [0.1, 0.15) is 163 Å². The molecule has 9 heteroatoms. The normalized spacial score (nSPS) is 16.2. The van der Waals surface area contributed by atoms with Crippen molar-refractivity contribution in [2.24, 2.45) is 0 Å². The maximum absolute atomic E-state index is 14.7. The first-order valence-corrected chi connectivity index (χ1v) is 25.7. The smallest absolute Gasteiger partial charge is 0.274 e. The van der Waals surface area contributed by atoms with Crippen LogP contribution >= 0.6 is 25.3 Å². The van der Waals surface area contributed by atoms with E-state index in [2.05, 4.69) is 25.3 Å². The van der Waals surface area contributed by atoms with Crippen LogP contribution in [0, 0.1) is 63.7 Å².